The number of nitrogens with zero attached hydrogens (tertiary/aromatic N) is 1. The molecule has 20 heavy (non-hydrogen) atoms. The highest BCUT2D eigenvalue weighted by Crippen LogP contribution is 2.30. The predicted octanol–water partition coefficient (Wildman–Crippen LogP) is 3.79. The normalized spacial score (nSPS) is 10.5. The lowest BCUT2D eigenvalue weighted by molar-refractivity contribution is 0.475. The van der Waals surface area contributed by atoms with Crippen LogP contribution in [-0.4, -0.2) is 11.7 Å². The van der Waals surface area contributed by atoms with Crippen LogP contribution < -0.4 is 10.6 Å². The maximum absolute atomic E-state index is 9.45. The van der Waals surface area contributed by atoms with E-state index in [2.05, 4.69) is 24.0 Å². The van der Waals surface area contributed by atoms with Gasteiger partial charge < -0.3 is 15.7 Å². The second kappa shape index (κ2) is 6.96. The molecule has 2 rings (SSSR count). The number of nitrogens with two attached hydrogens (primary N) is 1. The Morgan fingerprint density at radius 3 is 2.40 bits per heavy atom. The minimum atomic E-state index is 0.288. The Morgan fingerprint density at radius 2 is 1.75 bits per heavy atom. The molecular weight excluding hydrogens is 248 g/mol. The van der Waals surface area contributed by atoms with Crippen molar-refractivity contribution in [3.05, 3.63) is 54.1 Å². The summed E-state index contributed by atoms with van der Waals surface area (Å²) in [5.74, 6) is 0.288. The quantitative estimate of drug-likeness (QED) is 0.839. The van der Waals surface area contributed by atoms with Crippen LogP contribution in [0.1, 0.15) is 25.3 Å². The number of hydrogen-bond acceptors (Lipinski definition) is 3. The third kappa shape index (κ3) is 3.31. The van der Waals surface area contributed by atoms with Gasteiger partial charge in [-0.05, 0) is 42.3 Å². The first kappa shape index (κ1) is 14.4. The molecule has 3 N–H and O–H groups in total. The molecule has 0 atom stereocenters. The minimum absolute atomic E-state index is 0.288. The van der Waals surface area contributed by atoms with Crippen LogP contribution in [-0.2, 0) is 6.54 Å². The van der Waals surface area contributed by atoms with Crippen molar-refractivity contribution >= 4 is 11.4 Å². The number of phenolic OH excluding ortho intramolecular Hbond substituents is 1. The van der Waals surface area contributed by atoms with E-state index in [1.165, 1.54) is 0 Å². The van der Waals surface area contributed by atoms with Crippen LogP contribution in [0.25, 0.3) is 0 Å². The van der Waals surface area contributed by atoms with Crippen LogP contribution in [0.4, 0.5) is 11.4 Å². The van der Waals surface area contributed by atoms with E-state index >= 15 is 0 Å². The second-order valence-corrected chi connectivity index (χ2v) is 4.85. The summed E-state index contributed by atoms with van der Waals surface area (Å²) in [6.07, 6.45) is 2.25. The van der Waals surface area contributed by atoms with Crippen LogP contribution in [0.5, 0.6) is 5.75 Å². The predicted molar refractivity (Wildman–Crippen MR) is 84.4 cm³/mol. The third-order valence-corrected chi connectivity index (χ3v) is 3.40. The summed E-state index contributed by atoms with van der Waals surface area (Å²) in [5, 5.41) is 9.45. The average Bonchev–Trinajstić information content (AvgIpc) is 2.50. The topological polar surface area (TPSA) is 49.5 Å². The molecule has 3 nitrogen and oxygen atoms in total. The molecule has 2 aromatic carbocycles. The van der Waals surface area contributed by atoms with Gasteiger partial charge >= 0.3 is 0 Å². The summed E-state index contributed by atoms with van der Waals surface area (Å²) >= 11 is 0. The van der Waals surface area contributed by atoms with Crippen molar-refractivity contribution in [2.75, 3.05) is 11.4 Å². The molecule has 0 bridgehead atoms. The zero-order valence-electron chi connectivity index (χ0n) is 11.9. The van der Waals surface area contributed by atoms with E-state index in [4.69, 9.17) is 5.73 Å². The molecular formula is C17H22N2O. The van der Waals surface area contributed by atoms with Crippen LogP contribution in [0, 0.1) is 0 Å². The summed E-state index contributed by atoms with van der Waals surface area (Å²) in [5.41, 5.74) is 9.22. The van der Waals surface area contributed by atoms with Crippen LogP contribution in [0.15, 0.2) is 48.5 Å². The molecule has 0 aliphatic heterocycles. The lowest BCUT2D eigenvalue weighted by Crippen LogP contribution is -2.20. The van der Waals surface area contributed by atoms with Crippen molar-refractivity contribution in [2.45, 2.75) is 26.3 Å². The van der Waals surface area contributed by atoms with Crippen molar-refractivity contribution in [3.63, 3.8) is 0 Å². The SMILES string of the molecule is CCCCN(c1ccc(O)cc1)c1ccccc1CN. The molecule has 0 heterocycles. The molecule has 0 aromatic heterocycles. The van der Waals surface area contributed by atoms with Gasteiger partial charge in [0, 0.05) is 24.5 Å². The molecule has 0 aliphatic carbocycles. The Bertz CT molecular complexity index is 537. The largest absolute Gasteiger partial charge is 0.508 e. The molecule has 0 amide bonds. The number of phenols is 1. The van der Waals surface area contributed by atoms with E-state index in [0.29, 0.717) is 6.54 Å². The molecule has 0 radical (unpaired) electrons. The van der Waals surface area contributed by atoms with E-state index in [0.717, 1.165) is 36.3 Å². The fraction of sp³-hybridized carbons (Fsp3) is 0.294. The Hall–Kier alpha value is -2.00. The van der Waals surface area contributed by atoms with Gasteiger partial charge in [0.15, 0.2) is 0 Å². The number of anilines is 2. The molecule has 0 fully saturated rings. The number of rotatable bonds is 6. The van der Waals surface area contributed by atoms with Gasteiger partial charge in [0.05, 0.1) is 0 Å². The van der Waals surface area contributed by atoms with E-state index < -0.39 is 0 Å². The van der Waals surface area contributed by atoms with Gasteiger partial charge in [0.1, 0.15) is 5.75 Å². The summed E-state index contributed by atoms with van der Waals surface area (Å²) in [4.78, 5) is 2.27. The number of aromatic hydroxyl groups is 1. The zero-order chi connectivity index (χ0) is 14.4. The molecule has 0 saturated heterocycles. The Morgan fingerprint density at radius 1 is 1.05 bits per heavy atom. The molecule has 3 heteroatoms. The van der Waals surface area contributed by atoms with Gasteiger partial charge in [0.25, 0.3) is 0 Å². The molecule has 0 unspecified atom stereocenters. The van der Waals surface area contributed by atoms with Crippen molar-refractivity contribution in [3.8, 4) is 5.75 Å². The van der Waals surface area contributed by atoms with E-state index in [-0.39, 0.29) is 5.75 Å². The van der Waals surface area contributed by atoms with E-state index in [1.807, 2.05) is 24.3 Å². The van der Waals surface area contributed by atoms with E-state index in [9.17, 15) is 5.11 Å². The van der Waals surface area contributed by atoms with Gasteiger partial charge in [-0.1, -0.05) is 31.5 Å². The summed E-state index contributed by atoms with van der Waals surface area (Å²) in [7, 11) is 0. The van der Waals surface area contributed by atoms with Crippen LogP contribution in [0.3, 0.4) is 0 Å². The fourth-order valence-electron chi connectivity index (χ4n) is 2.28. The first-order valence-corrected chi connectivity index (χ1v) is 7.10. The van der Waals surface area contributed by atoms with Crippen LogP contribution >= 0.6 is 0 Å². The van der Waals surface area contributed by atoms with Gasteiger partial charge in [-0.2, -0.15) is 0 Å². The second-order valence-electron chi connectivity index (χ2n) is 4.85. The standard InChI is InChI=1S/C17H22N2O/c1-2-3-12-19(15-8-10-16(20)11-9-15)17-7-5-4-6-14(17)13-18/h4-11,20H,2-3,12-13,18H2,1H3. The number of unbranched alkanes of at least 4 members (excludes halogenated alkanes) is 1. The molecule has 0 spiro atoms. The Balaban J connectivity index is 2.38. The Labute approximate surface area is 120 Å². The summed E-state index contributed by atoms with van der Waals surface area (Å²) < 4.78 is 0. The van der Waals surface area contributed by atoms with Gasteiger partial charge in [-0.25, -0.2) is 0 Å². The minimum Gasteiger partial charge on any atom is -0.508 e. The highest BCUT2D eigenvalue weighted by atomic mass is 16.3. The summed E-state index contributed by atoms with van der Waals surface area (Å²) in [6, 6.07) is 15.5. The first-order valence-electron chi connectivity index (χ1n) is 7.10. The maximum atomic E-state index is 9.45. The van der Waals surface area contributed by atoms with Crippen molar-refractivity contribution in [1.82, 2.24) is 0 Å². The lowest BCUT2D eigenvalue weighted by atomic mass is 10.1. The third-order valence-electron chi connectivity index (χ3n) is 3.40. The zero-order valence-corrected chi connectivity index (χ0v) is 11.9. The smallest absolute Gasteiger partial charge is 0.115 e. The highest BCUT2D eigenvalue weighted by Gasteiger charge is 2.12. The van der Waals surface area contributed by atoms with E-state index in [1.54, 1.807) is 12.1 Å². The highest BCUT2D eigenvalue weighted by molar-refractivity contribution is 5.66. The fourth-order valence-corrected chi connectivity index (χ4v) is 2.28. The van der Waals surface area contributed by atoms with Crippen molar-refractivity contribution in [1.29, 1.82) is 0 Å². The molecule has 0 saturated carbocycles. The average molecular weight is 270 g/mol. The summed E-state index contributed by atoms with van der Waals surface area (Å²) in [6.45, 7) is 3.65. The van der Waals surface area contributed by atoms with Crippen molar-refractivity contribution in [2.24, 2.45) is 5.73 Å². The molecule has 0 aliphatic rings. The maximum Gasteiger partial charge on any atom is 0.115 e. The van der Waals surface area contributed by atoms with Gasteiger partial charge in [-0.15, -0.1) is 0 Å². The Kier molecular flexibility index (Phi) is 5.02. The lowest BCUT2D eigenvalue weighted by Gasteiger charge is -2.27. The number of benzene rings is 2. The molecule has 2 aromatic rings. The van der Waals surface area contributed by atoms with Gasteiger partial charge in [-0.3, -0.25) is 0 Å². The number of para-hydroxylation sites is 1. The van der Waals surface area contributed by atoms with Gasteiger partial charge in [0.2, 0.25) is 0 Å². The monoisotopic (exact) mass is 270 g/mol. The van der Waals surface area contributed by atoms with Crippen molar-refractivity contribution < 1.29 is 5.11 Å². The number of hydrogen-bond donors (Lipinski definition) is 2. The first-order chi connectivity index (χ1) is 9.76. The molecule has 106 valence electrons. The van der Waals surface area contributed by atoms with Crippen LogP contribution in [0.2, 0.25) is 0 Å².